The minimum absolute atomic E-state index is 0.253. The first-order valence-electron chi connectivity index (χ1n) is 10.3. The van der Waals surface area contributed by atoms with Gasteiger partial charge in [-0.05, 0) is 68.3 Å². The Morgan fingerprint density at radius 2 is 1.79 bits per heavy atom. The third-order valence-corrected chi connectivity index (χ3v) is 5.38. The van der Waals surface area contributed by atoms with Crippen molar-refractivity contribution in [2.45, 2.75) is 20.3 Å². The lowest BCUT2D eigenvalue weighted by atomic mass is 10.1. The highest BCUT2D eigenvalue weighted by Crippen LogP contribution is 2.22. The minimum Gasteiger partial charge on any atom is -0.361 e. The smallest absolute Gasteiger partial charge is 0.258 e. The van der Waals surface area contributed by atoms with Crippen molar-refractivity contribution in [3.63, 3.8) is 0 Å². The van der Waals surface area contributed by atoms with E-state index in [0.29, 0.717) is 34.5 Å². The van der Waals surface area contributed by atoms with Crippen molar-refractivity contribution < 1.29 is 4.79 Å². The van der Waals surface area contributed by atoms with Crippen molar-refractivity contribution >= 4 is 51.9 Å². The van der Waals surface area contributed by atoms with Gasteiger partial charge < -0.3 is 4.98 Å². The molecule has 0 fully saturated rings. The van der Waals surface area contributed by atoms with Gasteiger partial charge in [-0.1, -0.05) is 29.3 Å². The predicted molar refractivity (Wildman–Crippen MR) is 133 cm³/mol. The summed E-state index contributed by atoms with van der Waals surface area (Å²) in [5.41, 5.74) is 4.13. The summed E-state index contributed by atoms with van der Waals surface area (Å²) < 4.78 is 0. The molecule has 0 radical (unpaired) electrons. The van der Waals surface area contributed by atoms with Crippen LogP contribution in [0.5, 0.6) is 0 Å². The van der Waals surface area contributed by atoms with E-state index in [9.17, 15) is 4.79 Å². The van der Waals surface area contributed by atoms with Crippen LogP contribution in [0.25, 0.3) is 10.9 Å². The van der Waals surface area contributed by atoms with Gasteiger partial charge >= 0.3 is 0 Å². The number of carbonyl (C=O) groups excluding carboxylic acids is 1. The lowest BCUT2D eigenvalue weighted by molar-refractivity contribution is 0.0977. The van der Waals surface area contributed by atoms with E-state index in [1.807, 2.05) is 44.3 Å². The van der Waals surface area contributed by atoms with Crippen LogP contribution in [0.15, 0.2) is 59.7 Å². The quantitative estimate of drug-likeness (QED) is 0.266. The number of hydrogen-bond donors (Lipinski definition) is 3. The number of nitrogens with zero attached hydrogens (tertiary/aromatic N) is 3. The van der Waals surface area contributed by atoms with Crippen molar-refractivity contribution in [2.75, 3.05) is 11.9 Å². The van der Waals surface area contributed by atoms with E-state index in [-0.39, 0.29) is 11.9 Å². The first kappa shape index (κ1) is 22.8. The van der Waals surface area contributed by atoms with Crippen LogP contribution in [0, 0.1) is 13.8 Å². The fourth-order valence-corrected chi connectivity index (χ4v) is 3.82. The minimum atomic E-state index is -0.341. The van der Waals surface area contributed by atoms with Crippen LogP contribution in [0.2, 0.25) is 10.0 Å². The number of aromatic amines is 1. The number of nitrogens with one attached hydrogen (secondary N) is 3. The van der Waals surface area contributed by atoms with Crippen LogP contribution in [0.4, 0.5) is 5.95 Å². The highest BCUT2D eigenvalue weighted by molar-refractivity contribution is 6.31. The second-order valence-corrected chi connectivity index (χ2v) is 8.42. The number of H-pyrrole nitrogens is 1. The Bertz CT molecular complexity index is 1330. The van der Waals surface area contributed by atoms with Crippen LogP contribution in [0.3, 0.4) is 0 Å². The molecule has 3 N–H and O–H groups in total. The molecule has 0 aliphatic carbocycles. The molecular weight excluding hydrogens is 459 g/mol. The Hall–Kier alpha value is -3.42. The van der Waals surface area contributed by atoms with Crippen molar-refractivity contribution in [3.8, 4) is 0 Å². The molecule has 0 saturated heterocycles. The molecule has 4 aromatic rings. The summed E-state index contributed by atoms with van der Waals surface area (Å²) in [7, 11) is 0. The number of hydrogen-bond acceptors (Lipinski definition) is 4. The Morgan fingerprint density at radius 1 is 1.03 bits per heavy atom. The van der Waals surface area contributed by atoms with Gasteiger partial charge in [0.2, 0.25) is 11.9 Å². The maximum absolute atomic E-state index is 12.8. The molecule has 2 aromatic carbocycles. The van der Waals surface area contributed by atoms with E-state index in [4.69, 9.17) is 23.2 Å². The number of amides is 1. The largest absolute Gasteiger partial charge is 0.361 e. The summed E-state index contributed by atoms with van der Waals surface area (Å²) in [6.45, 7) is 4.18. The van der Waals surface area contributed by atoms with Crippen LogP contribution < -0.4 is 10.6 Å². The molecule has 33 heavy (non-hydrogen) atoms. The van der Waals surface area contributed by atoms with Gasteiger partial charge in [0.1, 0.15) is 0 Å². The highest BCUT2D eigenvalue weighted by atomic mass is 35.5. The normalized spacial score (nSPS) is 11.6. The number of carbonyl (C=O) groups is 1. The number of aromatic nitrogens is 3. The third-order valence-electron chi connectivity index (χ3n) is 4.91. The molecule has 0 saturated carbocycles. The van der Waals surface area contributed by atoms with Crippen molar-refractivity contribution in [1.29, 1.82) is 0 Å². The molecule has 0 aliphatic heterocycles. The topological polar surface area (TPSA) is 95.1 Å². The number of benzene rings is 2. The lowest BCUT2D eigenvalue weighted by Crippen LogP contribution is -2.37. The molecule has 1 amide bonds. The Morgan fingerprint density at radius 3 is 2.55 bits per heavy atom. The van der Waals surface area contributed by atoms with E-state index < -0.39 is 0 Å². The van der Waals surface area contributed by atoms with Gasteiger partial charge in [0.05, 0.1) is 0 Å². The number of guanidine groups is 1. The van der Waals surface area contributed by atoms with E-state index >= 15 is 0 Å². The standard InChI is InChI=1S/C24H22Cl2N6O/c1-14-10-15(2)30-24(29-14)32-23(31-22(33)16-4-3-5-18(25)11-16)27-9-8-17-13-28-21-7-6-19(26)12-20(17)21/h3-7,10-13,28H,8-9H2,1-2H3,(H2,27,29,30,31,32,33). The molecule has 9 heteroatoms. The van der Waals surface area contributed by atoms with Gasteiger partial charge in [-0.3, -0.25) is 20.4 Å². The first-order chi connectivity index (χ1) is 15.9. The third kappa shape index (κ3) is 5.88. The van der Waals surface area contributed by atoms with Crippen molar-refractivity contribution in [2.24, 2.45) is 4.99 Å². The molecule has 0 atom stereocenters. The zero-order valence-corrected chi connectivity index (χ0v) is 19.6. The molecule has 0 bridgehead atoms. The van der Waals surface area contributed by atoms with Gasteiger partial charge in [-0.2, -0.15) is 0 Å². The first-order valence-corrected chi connectivity index (χ1v) is 11.1. The number of anilines is 1. The SMILES string of the molecule is Cc1cc(C)nc(NC(=NCCc2c[nH]c3ccc(Cl)cc23)NC(=O)c2cccc(Cl)c2)n1. The highest BCUT2D eigenvalue weighted by Gasteiger charge is 2.12. The second kappa shape index (κ2) is 10.0. The van der Waals surface area contributed by atoms with E-state index in [1.165, 1.54) is 0 Å². The Balaban J connectivity index is 1.55. The summed E-state index contributed by atoms with van der Waals surface area (Å²) >= 11 is 12.2. The van der Waals surface area contributed by atoms with E-state index in [0.717, 1.165) is 27.9 Å². The number of halogens is 2. The van der Waals surface area contributed by atoms with E-state index in [1.54, 1.807) is 24.3 Å². The van der Waals surface area contributed by atoms with E-state index in [2.05, 4.69) is 30.6 Å². The number of fused-ring (bicyclic) bond motifs is 1. The lowest BCUT2D eigenvalue weighted by Gasteiger charge is -2.12. The van der Waals surface area contributed by atoms with Gasteiger partial charge in [-0.25, -0.2) is 9.97 Å². The van der Waals surface area contributed by atoms with Gasteiger partial charge in [0, 0.05) is 50.6 Å². The van der Waals surface area contributed by atoms with Crippen LogP contribution in [0.1, 0.15) is 27.3 Å². The number of rotatable bonds is 5. The maximum Gasteiger partial charge on any atom is 0.258 e. The number of aliphatic imine (C=N–C) groups is 1. The van der Waals surface area contributed by atoms with Gasteiger partial charge in [0.15, 0.2) is 0 Å². The molecule has 7 nitrogen and oxygen atoms in total. The number of aryl methyl sites for hydroxylation is 2. The second-order valence-electron chi connectivity index (χ2n) is 7.55. The maximum atomic E-state index is 12.8. The fraction of sp³-hybridized carbons (Fsp3) is 0.167. The molecule has 2 aromatic heterocycles. The molecule has 0 unspecified atom stereocenters. The molecule has 4 rings (SSSR count). The molecular formula is C24H22Cl2N6O. The average molecular weight is 481 g/mol. The van der Waals surface area contributed by atoms with Gasteiger partial charge in [0.25, 0.3) is 5.91 Å². The Kier molecular flexibility index (Phi) is 6.91. The summed E-state index contributed by atoms with van der Waals surface area (Å²) in [5.74, 6) is 0.270. The van der Waals surface area contributed by atoms with Crippen molar-refractivity contribution in [1.82, 2.24) is 20.3 Å². The van der Waals surface area contributed by atoms with Crippen LogP contribution >= 0.6 is 23.2 Å². The van der Waals surface area contributed by atoms with Gasteiger partial charge in [-0.15, -0.1) is 0 Å². The molecule has 2 heterocycles. The summed E-state index contributed by atoms with van der Waals surface area (Å²) in [4.78, 5) is 29.4. The molecule has 168 valence electrons. The van der Waals surface area contributed by atoms with Crippen molar-refractivity contribution in [3.05, 3.63) is 87.3 Å². The molecule has 0 spiro atoms. The molecule has 0 aliphatic rings. The van der Waals surface area contributed by atoms with Crippen LogP contribution in [-0.4, -0.2) is 33.4 Å². The average Bonchev–Trinajstić information content (AvgIpc) is 3.15. The summed E-state index contributed by atoms with van der Waals surface area (Å²) in [6, 6.07) is 14.3. The zero-order chi connectivity index (χ0) is 23.4. The zero-order valence-electron chi connectivity index (χ0n) is 18.1. The summed E-state index contributed by atoms with van der Waals surface area (Å²) in [6.07, 6.45) is 2.59. The van der Waals surface area contributed by atoms with Crippen LogP contribution in [-0.2, 0) is 6.42 Å². The predicted octanol–water partition coefficient (Wildman–Crippen LogP) is 5.32. The monoisotopic (exact) mass is 480 g/mol. The summed E-state index contributed by atoms with van der Waals surface area (Å²) in [5, 5.41) is 8.04. The fourth-order valence-electron chi connectivity index (χ4n) is 3.45. The Labute approximate surface area is 201 Å².